The van der Waals surface area contributed by atoms with Crippen LogP contribution in [0, 0.1) is 11.3 Å². The highest BCUT2D eigenvalue weighted by molar-refractivity contribution is 7.88. The molecule has 7 heteroatoms. The van der Waals surface area contributed by atoms with Gasteiger partial charge in [0, 0.05) is 31.4 Å². The number of sulfonamides is 1. The van der Waals surface area contributed by atoms with E-state index >= 15 is 0 Å². The molecule has 4 rings (SSSR count). The Morgan fingerprint density at radius 3 is 2.36 bits per heavy atom. The van der Waals surface area contributed by atoms with Gasteiger partial charge >= 0.3 is 0 Å². The quantitative estimate of drug-likeness (QED) is 0.432. The second kappa shape index (κ2) is 9.82. The molecule has 1 aromatic heterocycles. The van der Waals surface area contributed by atoms with Gasteiger partial charge in [-0.15, -0.1) is 0 Å². The molecule has 0 bridgehead atoms. The molecular formula is C26H24N4O2S. The molecule has 6 nitrogen and oxygen atoms in total. The summed E-state index contributed by atoms with van der Waals surface area (Å²) in [5.41, 5.74) is 6.99. The molecule has 0 unspecified atom stereocenters. The summed E-state index contributed by atoms with van der Waals surface area (Å²) in [4.78, 5) is 4.32. The van der Waals surface area contributed by atoms with Gasteiger partial charge in [0.2, 0.25) is 10.0 Å². The fourth-order valence-electron chi connectivity index (χ4n) is 3.70. The van der Waals surface area contributed by atoms with Crippen molar-refractivity contribution in [1.82, 2.24) is 14.3 Å². The van der Waals surface area contributed by atoms with Crippen LogP contribution in [0.4, 0.5) is 0 Å². The van der Waals surface area contributed by atoms with Crippen LogP contribution in [0.25, 0.3) is 11.1 Å². The van der Waals surface area contributed by atoms with Gasteiger partial charge in [-0.2, -0.15) is 5.26 Å². The van der Waals surface area contributed by atoms with Crippen LogP contribution in [-0.4, -0.2) is 24.2 Å². The van der Waals surface area contributed by atoms with E-state index in [0.717, 1.165) is 46.2 Å². The van der Waals surface area contributed by atoms with Crippen molar-refractivity contribution in [3.63, 3.8) is 0 Å². The minimum Gasteiger partial charge on any atom is -0.330 e. The molecule has 0 aliphatic heterocycles. The second-order valence-corrected chi connectivity index (χ2v) is 9.78. The van der Waals surface area contributed by atoms with Crippen molar-refractivity contribution in [2.45, 2.75) is 19.5 Å². The minimum absolute atomic E-state index is 0.254. The molecular weight excluding hydrogens is 432 g/mol. The highest BCUT2D eigenvalue weighted by atomic mass is 32.2. The highest BCUT2D eigenvalue weighted by Gasteiger charge is 2.09. The van der Waals surface area contributed by atoms with E-state index in [4.69, 9.17) is 5.26 Å². The molecule has 0 aliphatic carbocycles. The summed E-state index contributed by atoms with van der Waals surface area (Å²) in [6, 6.07) is 25.8. The molecule has 0 radical (unpaired) electrons. The largest absolute Gasteiger partial charge is 0.330 e. The number of nitriles is 1. The van der Waals surface area contributed by atoms with E-state index in [1.807, 2.05) is 61.1 Å². The van der Waals surface area contributed by atoms with E-state index in [9.17, 15) is 8.42 Å². The first-order valence-electron chi connectivity index (χ1n) is 10.5. The van der Waals surface area contributed by atoms with Gasteiger partial charge in [-0.05, 0) is 39.9 Å². The number of hydrogen-bond donors (Lipinski definition) is 1. The summed E-state index contributed by atoms with van der Waals surface area (Å²) in [5, 5.41) is 8.97. The fourth-order valence-corrected chi connectivity index (χ4v) is 4.11. The molecule has 166 valence electrons. The smallest absolute Gasteiger partial charge is 0.209 e. The lowest BCUT2D eigenvalue weighted by atomic mass is 9.98. The standard InChI is InChI=1S/C26H24N4O2S/c1-33(31,32)29-16-24-4-2-3-5-26(24)23-12-10-22(11-13-23)18-30-19-28-17-25(30)14-20-6-8-21(15-27)9-7-20/h2-13,17,19,29H,14,16,18H2,1H3. The summed E-state index contributed by atoms with van der Waals surface area (Å²) in [6.45, 7) is 0.952. The van der Waals surface area contributed by atoms with Crippen LogP contribution in [0.3, 0.4) is 0 Å². The van der Waals surface area contributed by atoms with Crippen LogP contribution in [0.15, 0.2) is 85.3 Å². The predicted octanol–water partition coefficient (Wildman–Crippen LogP) is 4.11. The van der Waals surface area contributed by atoms with Crippen molar-refractivity contribution in [2.75, 3.05) is 6.26 Å². The van der Waals surface area contributed by atoms with Crippen LogP contribution in [0.5, 0.6) is 0 Å². The van der Waals surface area contributed by atoms with E-state index in [-0.39, 0.29) is 6.54 Å². The van der Waals surface area contributed by atoms with Crippen molar-refractivity contribution in [3.05, 3.63) is 113 Å². The van der Waals surface area contributed by atoms with E-state index in [1.54, 1.807) is 0 Å². The van der Waals surface area contributed by atoms with Crippen LogP contribution in [-0.2, 0) is 29.5 Å². The monoisotopic (exact) mass is 456 g/mol. The normalized spacial score (nSPS) is 11.3. The molecule has 4 aromatic rings. The molecule has 0 fully saturated rings. The number of benzene rings is 3. The summed E-state index contributed by atoms with van der Waals surface area (Å²) < 4.78 is 27.7. The van der Waals surface area contributed by atoms with Gasteiger partial charge in [0.15, 0.2) is 0 Å². The van der Waals surface area contributed by atoms with Gasteiger partial charge in [-0.1, -0.05) is 60.7 Å². The Kier molecular flexibility index (Phi) is 6.68. The average molecular weight is 457 g/mol. The Labute approximate surface area is 194 Å². The molecule has 0 saturated heterocycles. The average Bonchev–Trinajstić information content (AvgIpc) is 3.25. The van der Waals surface area contributed by atoms with E-state index in [1.165, 1.54) is 0 Å². The zero-order valence-electron chi connectivity index (χ0n) is 18.3. The Bertz CT molecular complexity index is 1380. The molecule has 0 amide bonds. The van der Waals surface area contributed by atoms with Crippen molar-refractivity contribution in [2.24, 2.45) is 0 Å². The number of rotatable bonds is 8. The minimum atomic E-state index is -3.26. The molecule has 1 heterocycles. The zero-order chi connectivity index (χ0) is 23.3. The first-order chi connectivity index (χ1) is 15.9. The number of hydrogen-bond acceptors (Lipinski definition) is 4. The Morgan fingerprint density at radius 2 is 1.67 bits per heavy atom. The number of imidazole rings is 1. The van der Waals surface area contributed by atoms with Gasteiger partial charge in [0.05, 0.1) is 24.2 Å². The highest BCUT2D eigenvalue weighted by Crippen LogP contribution is 2.24. The van der Waals surface area contributed by atoms with Gasteiger partial charge in [-0.25, -0.2) is 18.1 Å². The third-order valence-corrected chi connectivity index (χ3v) is 6.10. The molecule has 0 saturated carbocycles. The summed E-state index contributed by atoms with van der Waals surface area (Å²) in [6.07, 6.45) is 5.61. The van der Waals surface area contributed by atoms with Gasteiger partial charge in [-0.3, -0.25) is 0 Å². The molecule has 0 aliphatic rings. The third-order valence-electron chi connectivity index (χ3n) is 5.43. The van der Waals surface area contributed by atoms with Crippen molar-refractivity contribution in [1.29, 1.82) is 5.26 Å². The lowest BCUT2D eigenvalue weighted by Crippen LogP contribution is -2.21. The maximum atomic E-state index is 11.5. The van der Waals surface area contributed by atoms with Crippen LogP contribution >= 0.6 is 0 Å². The van der Waals surface area contributed by atoms with E-state index in [0.29, 0.717) is 12.1 Å². The number of nitrogens with one attached hydrogen (secondary N) is 1. The lowest BCUT2D eigenvalue weighted by molar-refractivity contribution is 0.587. The first-order valence-corrected chi connectivity index (χ1v) is 12.4. The lowest BCUT2D eigenvalue weighted by Gasteiger charge is -2.12. The SMILES string of the molecule is CS(=O)(=O)NCc1ccccc1-c1ccc(Cn2cncc2Cc2ccc(C#N)cc2)cc1. The van der Waals surface area contributed by atoms with Crippen LogP contribution < -0.4 is 4.72 Å². The summed E-state index contributed by atoms with van der Waals surface area (Å²) >= 11 is 0. The first kappa shape index (κ1) is 22.5. The molecule has 0 spiro atoms. The van der Waals surface area contributed by atoms with Gasteiger partial charge in [0.1, 0.15) is 0 Å². The predicted molar refractivity (Wildman–Crippen MR) is 129 cm³/mol. The number of nitrogens with zero attached hydrogens (tertiary/aromatic N) is 3. The maximum absolute atomic E-state index is 11.5. The van der Waals surface area contributed by atoms with E-state index in [2.05, 4.69) is 44.6 Å². The van der Waals surface area contributed by atoms with Crippen molar-refractivity contribution in [3.8, 4) is 17.2 Å². The maximum Gasteiger partial charge on any atom is 0.209 e. The van der Waals surface area contributed by atoms with Gasteiger partial charge in [0.25, 0.3) is 0 Å². The molecule has 0 atom stereocenters. The Balaban J connectivity index is 1.48. The van der Waals surface area contributed by atoms with Crippen LogP contribution in [0.2, 0.25) is 0 Å². The Hall–Kier alpha value is -3.73. The Morgan fingerprint density at radius 1 is 0.970 bits per heavy atom. The number of aromatic nitrogens is 2. The third kappa shape index (κ3) is 5.95. The molecule has 1 N–H and O–H groups in total. The second-order valence-electron chi connectivity index (χ2n) is 7.95. The van der Waals surface area contributed by atoms with Crippen molar-refractivity contribution >= 4 is 10.0 Å². The van der Waals surface area contributed by atoms with Gasteiger partial charge < -0.3 is 4.57 Å². The fraction of sp³-hybridized carbons (Fsp3) is 0.154. The van der Waals surface area contributed by atoms with Crippen LogP contribution in [0.1, 0.15) is 27.9 Å². The van der Waals surface area contributed by atoms with E-state index < -0.39 is 10.0 Å². The summed E-state index contributed by atoms with van der Waals surface area (Å²) in [7, 11) is -3.26. The topological polar surface area (TPSA) is 87.8 Å². The summed E-state index contributed by atoms with van der Waals surface area (Å²) in [5.74, 6) is 0. The molecule has 33 heavy (non-hydrogen) atoms. The zero-order valence-corrected chi connectivity index (χ0v) is 19.1. The van der Waals surface area contributed by atoms with Crippen molar-refractivity contribution < 1.29 is 8.42 Å². The molecule has 3 aromatic carbocycles.